The number of hydrogen-bond donors (Lipinski definition) is 1. The third kappa shape index (κ3) is 3.87. The molecule has 1 N–H and O–H groups in total. The molecule has 0 aliphatic carbocycles. The van der Waals surface area contributed by atoms with Crippen molar-refractivity contribution in [3.8, 4) is 0 Å². The predicted octanol–water partition coefficient (Wildman–Crippen LogP) is 4.50. The fraction of sp³-hybridized carbons (Fsp3) is 0.333. The Morgan fingerprint density at radius 3 is 2.43 bits per heavy atom. The van der Waals surface area contributed by atoms with Crippen molar-refractivity contribution in [1.82, 2.24) is 4.90 Å². The summed E-state index contributed by atoms with van der Waals surface area (Å²) in [5.74, 6) is -1.47. The Bertz CT molecular complexity index is 975. The van der Waals surface area contributed by atoms with Gasteiger partial charge in [-0.25, -0.2) is 0 Å². The monoisotopic (exact) mass is 425 g/mol. The summed E-state index contributed by atoms with van der Waals surface area (Å²) in [5, 5.41) is 11.5. The molecule has 0 aromatic heterocycles. The molecule has 30 heavy (non-hydrogen) atoms. The van der Waals surface area contributed by atoms with E-state index in [1.807, 2.05) is 24.3 Å². The highest BCUT2D eigenvalue weighted by Crippen LogP contribution is 2.40. The minimum Gasteiger partial charge on any atom is -0.507 e. The van der Waals surface area contributed by atoms with Gasteiger partial charge in [0.15, 0.2) is 0 Å². The molecule has 2 aromatic rings. The summed E-state index contributed by atoms with van der Waals surface area (Å²) >= 11 is 5.96. The summed E-state index contributed by atoms with van der Waals surface area (Å²) in [6, 6.07) is 13.7. The van der Waals surface area contributed by atoms with Crippen LogP contribution in [-0.4, -0.2) is 41.0 Å². The Labute approximate surface area is 180 Å². The van der Waals surface area contributed by atoms with Crippen LogP contribution >= 0.6 is 11.6 Å². The third-order valence-corrected chi connectivity index (χ3v) is 6.04. The standard InChI is InChI=1S/C24H24ClNO4/c1-2-15-5-7-16(8-6-15)21-20(22(27)17-9-11-18(25)12-10-17)23(28)24(29)26(21)14-19-4-3-13-30-19/h5-12,19,21,27H,2-4,13-14H2,1H3/t19-,21+/m0/s1. The van der Waals surface area contributed by atoms with Gasteiger partial charge in [-0.2, -0.15) is 0 Å². The number of benzene rings is 2. The van der Waals surface area contributed by atoms with Crippen molar-refractivity contribution in [2.45, 2.75) is 38.3 Å². The van der Waals surface area contributed by atoms with E-state index < -0.39 is 17.7 Å². The first kappa shape index (κ1) is 20.6. The van der Waals surface area contributed by atoms with Gasteiger partial charge in [-0.15, -0.1) is 0 Å². The van der Waals surface area contributed by atoms with Crippen molar-refractivity contribution in [3.63, 3.8) is 0 Å². The highest BCUT2D eigenvalue weighted by Gasteiger charge is 2.47. The van der Waals surface area contributed by atoms with Crippen LogP contribution in [0.3, 0.4) is 0 Å². The minimum atomic E-state index is -0.676. The summed E-state index contributed by atoms with van der Waals surface area (Å²) in [6.45, 7) is 3.05. The van der Waals surface area contributed by atoms with Crippen molar-refractivity contribution >= 4 is 29.1 Å². The van der Waals surface area contributed by atoms with E-state index >= 15 is 0 Å². The lowest BCUT2D eigenvalue weighted by atomic mass is 9.94. The van der Waals surface area contributed by atoms with Gasteiger partial charge in [-0.1, -0.05) is 42.8 Å². The fourth-order valence-electron chi connectivity index (χ4n) is 4.12. The number of aliphatic hydroxyl groups is 1. The average Bonchev–Trinajstić information content (AvgIpc) is 3.36. The van der Waals surface area contributed by atoms with Crippen LogP contribution in [0.4, 0.5) is 0 Å². The van der Waals surface area contributed by atoms with Crippen LogP contribution in [0.5, 0.6) is 0 Å². The normalized spacial score (nSPS) is 23.3. The molecule has 2 atom stereocenters. The molecule has 2 fully saturated rings. The second-order valence-corrected chi connectivity index (χ2v) is 8.12. The van der Waals surface area contributed by atoms with Crippen LogP contribution in [-0.2, 0) is 20.7 Å². The van der Waals surface area contributed by atoms with Crippen molar-refractivity contribution in [3.05, 3.63) is 75.8 Å². The lowest BCUT2D eigenvalue weighted by Crippen LogP contribution is -2.36. The van der Waals surface area contributed by atoms with E-state index in [1.54, 1.807) is 29.2 Å². The number of Topliss-reactive ketones (excluding diaryl/α,β-unsaturated/α-hetero) is 1. The van der Waals surface area contributed by atoms with E-state index in [2.05, 4.69) is 6.92 Å². The Morgan fingerprint density at radius 1 is 1.13 bits per heavy atom. The smallest absolute Gasteiger partial charge is 0.295 e. The van der Waals surface area contributed by atoms with E-state index in [0.717, 1.165) is 30.4 Å². The molecule has 156 valence electrons. The first-order valence-corrected chi connectivity index (χ1v) is 10.6. The average molecular weight is 426 g/mol. The number of halogens is 1. The molecule has 2 aliphatic heterocycles. The van der Waals surface area contributed by atoms with Crippen LogP contribution in [0.25, 0.3) is 5.76 Å². The van der Waals surface area contributed by atoms with Crippen molar-refractivity contribution in [2.24, 2.45) is 0 Å². The molecule has 0 saturated carbocycles. The lowest BCUT2D eigenvalue weighted by molar-refractivity contribution is -0.140. The molecule has 5 nitrogen and oxygen atoms in total. The number of rotatable bonds is 5. The molecule has 2 heterocycles. The number of nitrogens with zero attached hydrogens (tertiary/aromatic N) is 1. The van der Waals surface area contributed by atoms with Gasteiger partial charge in [0.05, 0.1) is 17.7 Å². The van der Waals surface area contributed by atoms with Gasteiger partial charge in [0.1, 0.15) is 5.76 Å². The maximum Gasteiger partial charge on any atom is 0.295 e. The number of likely N-dealkylation sites (tertiary alicyclic amines) is 1. The second kappa shape index (κ2) is 8.62. The topological polar surface area (TPSA) is 66.8 Å². The predicted molar refractivity (Wildman–Crippen MR) is 115 cm³/mol. The van der Waals surface area contributed by atoms with E-state index in [4.69, 9.17) is 16.3 Å². The maximum absolute atomic E-state index is 13.0. The van der Waals surface area contributed by atoms with Crippen molar-refractivity contribution < 1.29 is 19.4 Å². The number of amides is 1. The van der Waals surface area contributed by atoms with Gasteiger partial charge in [-0.3, -0.25) is 9.59 Å². The quantitative estimate of drug-likeness (QED) is 0.435. The van der Waals surface area contributed by atoms with Gasteiger partial charge >= 0.3 is 0 Å². The van der Waals surface area contributed by atoms with Gasteiger partial charge < -0.3 is 14.7 Å². The van der Waals surface area contributed by atoms with Crippen LogP contribution in [0.1, 0.15) is 42.5 Å². The van der Waals surface area contributed by atoms with Gasteiger partial charge in [0.25, 0.3) is 11.7 Å². The van der Waals surface area contributed by atoms with E-state index in [0.29, 0.717) is 23.7 Å². The molecule has 0 radical (unpaired) electrons. The maximum atomic E-state index is 13.0. The van der Waals surface area contributed by atoms with Crippen LogP contribution in [0.2, 0.25) is 5.02 Å². The Hall–Kier alpha value is -2.63. The molecule has 6 heteroatoms. The number of carbonyl (C=O) groups excluding carboxylic acids is 2. The van der Waals surface area contributed by atoms with Crippen LogP contribution in [0.15, 0.2) is 54.1 Å². The number of aryl methyl sites for hydroxylation is 1. The Kier molecular flexibility index (Phi) is 5.93. The fourth-order valence-corrected chi connectivity index (χ4v) is 4.25. The Morgan fingerprint density at radius 2 is 1.83 bits per heavy atom. The highest BCUT2D eigenvalue weighted by atomic mass is 35.5. The van der Waals surface area contributed by atoms with E-state index in [-0.39, 0.29) is 17.4 Å². The zero-order valence-corrected chi connectivity index (χ0v) is 17.6. The largest absolute Gasteiger partial charge is 0.507 e. The summed E-state index contributed by atoms with van der Waals surface area (Å²) in [7, 11) is 0. The number of ketones is 1. The van der Waals surface area contributed by atoms with Crippen molar-refractivity contribution in [2.75, 3.05) is 13.2 Å². The first-order chi connectivity index (χ1) is 14.5. The molecule has 2 saturated heterocycles. The van der Waals surface area contributed by atoms with E-state index in [9.17, 15) is 14.7 Å². The molecule has 2 aromatic carbocycles. The molecule has 0 bridgehead atoms. The summed E-state index contributed by atoms with van der Waals surface area (Å²) in [5.41, 5.74) is 2.50. The van der Waals surface area contributed by atoms with Crippen LogP contribution < -0.4 is 0 Å². The number of aliphatic hydroxyl groups excluding tert-OH is 1. The Balaban J connectivity index is 1.80. The zero-order chi connectivity index (χ0) is 21.3. The van der Waals surface area contributed by atoms with Gasteiger partial charge in [-0.05, 0) is 54.7 Å². The highest BCUT2D eigenvalue weighted by molar-refractivity contribution is 6.46. The molecule has 2 aliphatic rings. The number of ether oxygens (including phenoxy) is 1. The third-order valence-electron chi connectivity index (χ3n) is 5.79. The molecule has 1 amide bonds. The molecular formula is C24H24ClNO4. The number of hydrogen-bond acceptors (Lipinski definition) is 4. The van der Waals surface area contributed by atoms with Crippen molar-refractivity contribution in [1.29, 1.82) is 0 Å². The molecule has 0 unspecified atom stereocenters. The van der Waals surface area contributed by atoms with Crippen LogP contribution in [0, 0.1) is 0 Å². The summed E-state index contributed by atoms with van der Waals surface area (Å²) in [4.78, 5) is 27.5. The molecular weight excluding hydrogens is 402 g/mol. The van der Waals surface area contributed by atoms with Gasteiger partial charge in [0.2, 0.25) is 0 Å². The SMILES string of the molecule is CCc1ccc([C@@H]2C(=C(O)c3ccc(Cl)cc3)C(=O)C(=O)N2C[C@@H]2CCCO2)cc1. The molecule has 4 rings (SSSR count). The second-order valence-electron chi connectivity index (χ2n) is 7.69. The first-order valence-electron chi connectivity index (χ1n) is 10.2. The molecule has 0 spiro atoms. The summed E-state index contributed by atoms with van der Waals surface area (Å²) < 4.78 is 5.71. The van der Waals surface area contributed by atoms with E-state index in [1.165, 1.54) is 0 Å². The summed E-state index contributed by atoms with van der Waals surface area (Å²) in [6.07, 6.45) is 2.58. The van der Waals surface area contributed by atoms with Gasteiger partial charge in [0, 0.05) is 23.7 Å². The lowest BCUT2D eigenvalue weighted by Gasteiger charge is -2.27. The minimum absolute atomic E-state index is 0.101. The number of carbonyl (C=O) groups is 2. The zero-order valence-electron chi connectivity index (χ0n) is 16.8.